The van der Waals surface area contributed by atoms with Crippen LogP contribution in [0.15, 0.2) is 11.3 Å². The lowest BCUT2D eigenvalue weighted by Gasteiger charge is -2.15. The monoisotopic (exact) mass is 212 g/mol. The highest BCUT2D eigenvalue weighted by Gasteiger charge is 2.20. The molecular formula is C13H24O2. The number of Topliss-reactive ketones (excluding diaryl/α,β-unsaturated/α-hetero) is 1. The van der Waals surface area contributed by atoms with Crippen molar-refractivity contribution in [2.75, 3.05) is 0 Å². The smallest absolute Gasteiger partial charge is 0.164 e. The molecule has 0 aliphatic rings. The molecule has 0 aromatic rings. The van der Waals surface area contributed by atoms with Gasteiger partial charge in [0.2, 0.25) is 0 Å². The second-order valence-electron chi connectivity index (χ2n) is 4.20. The predicted molar refractivity (Wildman–Crippen MR) is 63.9 cm³/mol. The number of ketones is 1. The van der Waals surface area contributed by atoms with Crippen LogP contribution in [0.25, 0.3) is 0 Å². The van der Waals surface area contributed by atoms with E-state index in [1.807, 2.05) is 27.7 Å². The third kappa shape index (κ3) is 3.69. The molecule has 0 aromatic heterocycles. The van der Waals surface area contributed by atoms with E-state index >= 15 is 0 Å². The van der Waals surface area contributed by atoms with Crippen LogP contribution in [0.4, 0.5) is 0 Å². The molecule has 1 N–H and O–H groups in total. The van der Waals surface area contributed by atoms with Gasteiger partial charge in [0.25, 0.3) is 0 Å². The van der Waals surface area contributed by atoms with Crippen LogP contribution in [0.2, 0.25) is 0 Å². The second-order valence-corrected chi connectivity index (χ2v) is 4.20. The molecule has 88 valence electrons. The number of aliphatic hydroxyl groups is 1. The summed E-state index contributed by atoms with van der Waals surface area (Å²) >= 11 is 0. The van der Waals surface area contributed by atoms with Crippen LogP contribution < -0.4 is 0 Å². The Bertz CT molecular complexity index is 237. The van der Waals surface area contributed by atoms with Gasteiger partial charge in [-0.3, -0.25) is 4.79 Å². The number of rotatable bonds is 6. The van der Waals surface area contributed by atoms with Crippen molar-refractivity contribution in [1.29, 1.82) is 0 Å². The third-order valence-electron chi connectivity index (χ3n) is 3.19. The molecule has 15 heavy (non-hydrogen) atoms. The zero-order chi connectivity index (χ0) is 12.0. The predicted octanol–water partition coefficient (Wildman–Crippen LogP) is 3.87. The lowest BCUT2D eigenvalue weighted by molar-refractivity contribution is -0.119. The molecule has 0 aliphatic carbocycles. The van der Waals surface area contributed by atoms with Crippen molar-refractivity contribution in [2.45, 2.75) is 53.9 Å². The Morgan fingerprint density at radius 3 is 1.93 bits per heavy atom. The van der Waals surface area contributed by atoms with E-state index in [9.17, 15) is 9.90 Å². The van der Waals surface area contributed by atoms with E-state index in [-0.39, 0.29) is 23.4 Å². The van der Waals surface area contributed by atoms with E-state index in [1.54, 1.807) is 6.92 Å². The van der Waals surface area contributed by atoms with Gasteiger partial charge in [-0.05, 0) is 26.2 Å². The summed E-state index contributed by atoms with van der Waals surface area (Å²) < 4.78 is 0. The van der Waals surface area contributed by atoms with Gasteiger partial charge in [-0.15, -0.1) is 0 Å². The third-order valence-corrected chi connectivity index (χ3v) is 3.19. The molecule has 0 heterocycles. The summed E-state index contributed by atoms with van der Waals surface area (Å²) in [5.41, 5.74) is 0.554. The van der Waals surface area contributed by atoms with Gasteiger partial charge in [-0.2, -0.15) is 0 Å². The normalized spacial score (nSPS) is 15.1. The van der Waals surface area contributed by atoms with Gasteiger partial charge < -0.3 is 5.11 Å². The fourth-order valence-corrected chi connectivity index (χ4v) is 1.65. The van der Waals surface area contributed by atoms with Crippen LogP contribution in [0.1, 0.15) is 53.9 Å². The van der Waals surface area contributed by atoms with E-state index in [2.05, 4.69) is 0 Å². The van der Waals surface area contributed by atoms with Gasteiger partial charge in [0.1, 0.15) is 5.76 Å². The van der Waals surface area contributed by atoms with E-state index in [4.69, 9.17) is 0 Å². The maximum Gasteiger partial charge on any atom is 0.164 e. The van der Waals surface area contributed by atoms with Crippen LogP contribution >= 0.6 is 0 Å². The molecule has 0 spiro atoms. The number of carbonyl (C=O) groups excluding carboxylic acids is 1. The molecule has 0 aliphatic heterocycles. The fourth-order valence-electron chi connectivity index (χ4n) is 1.65. The lowest BCUT2D eigenvalue weighted by atomic mass is 9.90. The Morgan fingerprint density at radius 1 is 1.13 bits per heavy atom. The van der Waals surface area contributed by atoms with Crippen molar-refractivity contribution in [3.63, 3.8) is 0 Å². The zero-order valence-corrected chi connectivity index (χ0v) is 10.6. The summed E-state index contributed by atoms with van der Waals surface area (Å²) in [6.07, 6.45) is 2.56. The van der Waals surface area contributed by atoms with Gasteiger partial charge in [0.05, 0.1) is 0 Å². The lowest BCUT2D eigenvalue weighted by Crippen LogP contribution is -2.17. The van der Waals surface area contributed by atoms with Crippen molar-refractivity contribution in [3.8, 4) is 0 Å². The van der Waals surface area contributed by atoms with Crippen molar-refractivity contribution in [1.82, 2.24) is 0 Å². The minimum absolute atomic E-state index is 0.0659. The Labute approximate surface area is 93.4 Å². The standard InChI is InChI=1S/C13H24O2/c1-6-9(4)12(14)10(5)13(15)11(7-2)8-3/h9,11,14H,6-8H2,1-5H3. The minimum Gasteiger partial charge on any atom is -0.512 e. The fraction of sp³-hybridized carbons (Fsp3) is 0.769. The summed E-state index contributed by atoms with van der Waals surface area (Å²) in [7, 11) is 0. The van der Waals surface area contributed by atoms with Crippen molar-refractivity contribution in [2.24, 2.45) is 11.8 Å². The quantitative estimate of drug-likeness (QED) is 0.536. The highest BCUT2D eigenvalue weighted by Crippen LogP contribution is 2.21. The van der Waals surface area contributed by atoms with E-state index in [1.165, 1.54) is 0 Å². The Morgan fingerprint density at radius 2 is 1.60 bits per heavy atom. The maximum atomic E-state index is 11.9. The zero-order valence-electron chi connectivity index (χ0n) is 10.6. The summed E-state index contributed by atoms with van der Waals surface area (Å²) in [5.74, 6) is 0.534. The average Bonchev–Trinajstić information content (AvgIpc) is 2.27. The topological polar surface area (TPSA) is 37.3 Å². The number of carbonyl (C=O) groups is 1. The number of hydrogen-bond donors (Lipinski definition) is 1. The summed E-state index contributed by atoms with van der Waals surface area (Å²) in [6, 6.07) is 0. The van der Waals surface area contributed by atoms with E-state index in [0.29, 0.717) is 5.57 Å². The molecule has 0 saturated heterocycles. The molecule has 0 fully saturated rings. The first kappa shape index (κ1) is 14.2. The van der Waals surface area contributed by atoms with Crippen LogP contribution in [0, 0.1) is 11.8 Å². The number of allylic oxidation sites excluding steroid dienone is 2. The molecular weight excluding hydrogens is 188 g/mol. The van der Waals surface area contributed by atoms with Crippen molar-refractivity contribution >= 4 is 5.78 Å². The maximum absolute atomic E-state index is 11.9. The molecule has 0 bridgehead atoms. The SMILES string of the molecule is CCC(C)C(O)=C(C)C(=O)C(CC)CC. The largest absolute Gasteiger partial charge is 0.512 e. The summed E-state index contributed by atoms with van der Waals surface area (Å²) in [4.78, 5) is 11.9. The molecule has 2 heteroatoms. The molecule has 1 atom stereocenters. The summed E-state index contributed by atoms with van der Waals surface area (Å²) in [5, 5.41) is 9.86. The highest BCUT2D eigenvalue weighted by atomic mass is 16.3. The van der Waals surface area contributed by atoms with Crippen molar-refractivity contribution in [3.05, 3.63) is 11.3 Å². The molecule has 0 amide bonds. The van der Waals surface area contributed by atoms with Crippen LogP contribution in [0.5, 0.6) is 0 Å². The molecule has 0 radical (unpaired) electrons. The van der Waals surface area contributed by atoms with E-state index in [0.717, 1.165) is 19.3 Å². The minimum atomic E-state index is 0.0659. The Hall–Kier alpha value is -0.790. The van der Waals surface area contributed by atoms with Gasteiger partial charge in [0, 0.05) is 17.4 Å². The molecule has 2 nitrogen and oxygen atoms in total. The van der Waals surface area contributed by atoms with Gasteiger partial charge in [-0.25, -0.2) is 0 Å². The Kier molecular flexibility index (Phi) is 6.30. The first-order chi connectivity index (χ1) is 6.99. The van der Waals surface area contributed by atoms with Gasteiger partial charge in [-0.1, -0.05) is 27.7 Å². The molecule has 1 unspecified atom stereocenters. The second kappa shape index (κ2) is 6.65. The van der Waals surface area contributed by atoms with Crippen LogP contribution in [-0.4, -0.2) is 10.9 Å². The number of hydrogen-bond acceptors (Lipinski definition) is 2. The van der Waals surface area contributed by atoms with Gasteiger partial charge in [0.15, 0.2) is 5.78 Å². The van der Waals surface area contributed by atoms with Gasteiger partial charge >= 0.3 is 0 Å². The first-order valence-electron chi connectivity index (χ1n) is 5.93. The molecule has 0 rings (SSSR count). The molecule has 0 saturated carbocycles. The van der Waals surface area contributed by atoms with E-state index < -0.39 is 0 Å². The van der Waals surface area contributed by atoms with Crippen molar-refractivity contribution < 1.29 is 9.90 Å². The number of aliphatic hydroxyl groups excluding tert-OH is 1. The Balaban J connectivity index is 4.81. The molecule has 0 aromatic carbocycles. The first-order valence-corrected chi connectivity index (χ1v) is 5.93. The van der Waals surface area contributed by atoms with Crippen LogP contribution in [-0.2, 0) is 4.79 Å². The average molecular weight is 212 g/mol. The summed E-state index contributed by atoms with van der Waals surface area (Å²) in [6.45, 7) is 9.72. The van der Waals surface area contributed by atoms with Crippen LogP contribution in [0.3, 0.4) is 0 Å². The highest BCUT2D eigenvalue weighted by molar-refractivity contribution is 5.96.